The van der Waals surface area contributed by atoms with Crippen LogP contribution in [0.15, 0.2) is 42.7 Å². The fourth-order valence-corrected chi connectivity index (χ4v) is 5.80. The number of sulfonamides is 1. The summed E-state index contributed by atoms with van der Waals surface area (Å²) in [7, 11) is -3.69. The van der Waals surface area contributed by atoms with Crippen LogP contribution in [0.25, 0.3) is 11.1 Å². The summed E-state index contributed by atoms with van der Waals surface area (Å²) < 4.78 is 47.2. The van der Waals surface area contributed by atoms with Gasteiger partial charge in [0.25, 0.3) is 0 Å². The normalized spacial score (nSPS) is 16.5. The number of carbonyl (C=O) groups is 1. The molecule has 2 N–H and O–H groups in total. The van der Waals surface area contributed by atoms with E-state index in [2.05, 4.69) is 4.98 Å². The van der Waals surface area contributed by atoms with Gasteiger partial charge in [-0.05, 0) is 49.4 Å². The van der Waals surface area contributed by atoms with E-state index in [0.29, 0.717) is 30.6 Å². The van der Waals surface area contributed by atoms with Crippen LogP contribution in [-0.2, 0) is 14.8 Å². The van der Waals surface area contributed by atoms with Crippen molar-refractivity contribution >= 4 is 15.9 Å². The second kappa shape index (κ2) is 11.0. The van der Waals surface area contributed by atoms with E-state index >= 15 is 0 Å². The number of rotatable bonds is 9. The molecular formula is C23H30FN3O5S. The van der Waals surface area contributed by atoms with Gasteiger partial charge in [0, 0.05) is 36.6 Å². The van der Waals surface area contributed by atoms with Crippen LogP contribution in [0.4, 0.5) is 4.39 Å². The van der Waals surface area contributed by atoms with Crippen molar-refractivity contribution in [2.75, 3.05) is 18.8 Å². The van der Waals surface area contributed by atoms with E-state index in [-0.39, 0.29) is 36.7 Å². The molecular weight excluding hydrogens is 449 g/mol. The Bertz CT molecular complexity index is 1040. The lowest BCUT2D eigenvalue weighted by atomic mass is 9.98. The highest BCUT2D eigenvalue weighted by atomic mass is 32.2. The summed E-state index contributed by atoms with van der Waals surface area (Å²) in [5.41, 5.74) is 2.89. The van der Waals surface area contributed by atoms with Crippen molar-refractivity contribution in [2.24, 2.45) is 11.8 Å². The van der Waals surface area contributed by atoms with Crippen LogP contribution in [0.2, 0.25) is 0 Å². The van der Waals surface area contributed by atoms with Crippen LogP contribution in [-0.4, -0.2) is 53.8 Å². The highest BCUT2D eigenvalue weighted by Gasteiger charge is 2.33. The molecule has 1 fully saturated rings. The summed E-state index contributed by atoms with van der Waals surface area (Å²) in [5.74, 6) is -1.63. The first kappa shape index (κ1) is 25.1. The molecule has 8 nitrogen and oxygen atoms in total. The molecule has 0 saturated carbocycles. The zero-order valence-corrected chi connectivity index (χ0v) is 19.6. The monoisotopic (exact) mass is 479 g/mol. The van der Waals surface area contributed by atoms with Gasteiger partial charge in [-0.15, -0.1) is 0 Å². The van der Waals surface area contributed by atoms with Crippen LogP contribution in [0, 0.1) is 17.7 Å². The Labute approximate surface area is 193 Å². The molecule has 1 atom stereocenters. The smallest absolute Gasteiger partial charge is 0.247 e. The molecule has 2 aromatic rings. The van der Waals surface area contributed by atoms with Gasteiger partial charge in [0.15, 0.2) is 0 Å². The lowest BCUT2D eigenvalue weighted by Gasteiger charge is -2.32. The molecule has 0 bridgehead atoms. The van der Waals surface area contributed by atoms with Gasteiger partial charge < -0.3 is 4.74 Å². The van der Waals surface area contributed by atoms with E-state index < -0.39 is 21.8 Å². The molecule has 180 valence electrons. The predicted octanol–water partition coefficient (Wildman–Crippen LogP) is 3.23. The third-order valence-corrected chi connectivity index (χ3v) is 7.63. The Balaban J connectivity index is 1.65. The fraction of sp³-hybridized carbons (Fsp3) is 0.478. The number of benzene rings is 1. The number of nitrogens with zero attached hydrogens (tertiary/aromatic N) is 2. The first-order valence-electron chi connectivity index (χ1n) is 11.0. The zero-order valence-electron chi connectivity index (χ0n) is 18.8. The fourth-order valence-electron chi connectivity index (χ4n) is 4.03. The second-order valence-corrected chi connectivity index (χ2v) is 10.7. The van der Waals surface area contributed by atoms with Gasteiger partial charge >= 0.3 is 0 Å². The quantitative estimate of drug-likeness (QED) is 0.422. The van der Waals surface area contributed by atoms with Crippen molar-refractivity contribution in [2.45, 2.75) is 39.2 Å². The lowest BCUT2D eigenvalue weighted by molar-refractivity contribution is -0.133. The van der Waals surface area contributed by atoms with Gasteiger partial charge in [-0.25, -0.2) is 22.6 Å². The minimum atomic E-state index is -3.69. The third kappa shape index (κ3) is 6.72. The molecule has 1 aliphatic rings. The van der Waals surface area contributed by atoms with Crippen LogP contribution in [0.1, 0.15) is 33.1 Å². The van der Waals surface area contributed by atoms with E-state index in [0.717, 1.165) is 5.56 Å². The van der Waals surface area contributed by atoms with Gasteiger partial charge in [-0.1, -0.05) is 19.9 Å². The standard InChI is InChI=1S/C23H30FN3O5S/c1-16(2)12-18(23(28)26-29)15-33(30,31)27-10-7-20(8-11-27)32-22-6-5-19(24)13-21(22)17-4-3-9-25-14-17/h3-6,9,13-14,16,18,20,29H,7-8,10-12,15H2,1-2H3,(H,26,28). The minimum absolute atomic E-state index is 0.103. The van der Waals surface area contributed by atoms with Crippen molar-refractivity contribution in [1.82, 2.24) is 14.8 Å². The zero-order chi connectivity index (χ0) is 24.0. The Morgan fingerprint density at radius 2 is 2.03 bits per heavy atom. The maximum Gasteiger partial charge on any atom is 0.247 e. The Kier molecular flexibility index (Phi) is 8.39. The van der Waals surface area contributed by atoms with Gasteiger partial charge in [-0.2, -0.15) is 0 Å². The number of amides is 1. The first-order valence-corrected chi connectivity index (χ1v) is 12.6. The maximum atomic E-state index is 13.9. The number of nitrogens with one attached hydrogen (secondary N) is 1. The largest absolute Gasteiger partial charge is 0.490 e. The lowest BCUT2D eigenvalue weighted by Crippen LogP contribution is -2.45. The van der Waals surface area contributed by atoms with Crippen LogP contribution < -0.4 is 10.2 Å². The Hall–Kier alpha value is -2.56. The van der Waals surface area contributed by atoms with Crippen molar-refractivity contribution in [3.05, 3.63) is 48.5 Å². The highest BCUT2D eigenvalue weighted by Crippen LogP contribution is 2.32. The number of pyridine rings is 1. The summed E-state index contributed by atoms with van der Waals surface area (Å²) in [4.78, 5) is 16.0. The van der Waals surface area contributed by atoms with E-state index in [1.54, 1.807) is 30.0 Å². The van der Waals surface area contributed by atoms with E-state index in [9.17, 15) is 17.6 Å². The van der Waals surface area contributed by atoms with Gasteiger partial charge in [0.05, 0.1) is 11.7 Å². The second-order valence-electron chi connectivity index (χ2n) is 8.68. The number of ether oxygens (including phenoxy) is 1. The molecule has 0 radical (unpaired) electrons. The highest BCUT2D eigenvalue weighted by molar-refractivity contribution is 7.89. The molecule has 0 spiro atoms. The summed E-state index contributed by atoms with van der Waals surface area (Å²) in [6.07, 6.45) is 4.31. The summed E-state index contributed by atoms with van der Waals surface area (Å²) in [6.45, 7) is 4.29. The van der Waals surface area contributed by atoms with E-state index in [1.807, 2.05) is 19.9 Å². The van der Waals surface area contributed by atoms with Crippen molar-refractivity contribution in [3.63, 3.8) is 0 Å². The number of carbonyl (C=O) groups excluding carboxylic acids is 1. The molecule has 1 aromatic carbocycles. The average Bonchev–Trinajstić information content (AvgIpc) is 2.79. The van der Waals surface area contributed by atoms with Gasteiger partial charge in [-0.3, -0.25) is 15.0 Å². The van der Waals surface area contributed by atoms with Crippen LogP contribution in [0.3, 0.4) is 0 Å². The molecule has 1 aliphatic heterocycles. The molecule has 1 unspecified atom stereocenters. The minimum Gasteiger partial charge on any atom is -0.490 e. The summed E-state index contributed by atoms with van der Waals surface area (Å²) >= 11 is 0. The number of hydrogen-bond donors (Lipinski definition) is 2. The Morgan fingerprint density at radius 1 is 1.30 bits per heavy atom. The molecule has 1 amide bonds. The van der Waals surface area contributed by atoms with Crippen molar-refractivity contribution < 1.29 is 27.5 Å². The number of hydroxylamine groups is 1. The summed E-state index contributed by atoms with van der Waals surface area (Å²) in [6, 6.07) is 7.88. The number of hydrogen-bond acceptors (Lipinski definition) is 6. The summed E-state index contributed by atoms with van der Waals surface area (Å²) in [5, 5.41) is 8.97. The van der Waals surface area contributed by atoms with Crippen LogP contribution >= 0.6 is 0 Å². The molecule has 1 aromatic heterocycles. The maximum absolute atomic E-state index is 13.9. The SMILES string of the molecule is CC(C)CC(CS(=O)(=O)N1CCC(Oc2ccc(F)cc2-c2cccnc2)CC1)C(=O)NO. The van der Waals surface area contributed by atoms with Crippen molar-refractivity contribution in [3.8, 4) is 16.9 Å². The predicted molar refractivity (Wildman–Crippen MR) is 122 cm³/mol. The first-order chi connectivity index (χ1) is 15.7. The van der Waals surface area contributed by atoms with Gasteiger partial charge in [0.2, 0.25) is 15.9 Å². The topological polar surface area (TPSA) is 109 Å². The number of halogens is 1. The van der Waals surface area contributed by atoms with Crippen LogP contribution in [0.5, 0.6) is 5.75 Å². The molecule has 10 heteroatoms. The molecule has 3 rings (SSSR count). The average molecular weight is 480 g/mol. The molecule has 1 saturated heterocycles. The van der Waals surface area contributed by atoms with Gasteiger partial charge in [0.1, 0.15) is 17.7 Å². The number of piperidine rings is 1. The molecule has 0 aliphatic carbocycles. The van der Waals surface area contributed by atoms with E-state index in [4.69, 9.17) is 9.94 Å². The molecule has 2 heterocycles. The number of aromatic nitrogens is 1. The molecule has 33 heavy (non-hydrogen) atoms. The van der Waals surface area contributed by atoms with Crippen molar-refractivity contribution in [1.29, 1.82) is 0 Å². The Morgan fingerprint density at radius 3 is 2.64 bits per heavy atom. The van der Waals surface area contributed by atoms with E-state index in [1.165, 1.54) is 16.4 Å². The third-order valence-electron chi connectivity index (χ3n) is 5.65.